The van der Waals surface area contributed by atoms with Crippen LogP contribution < -0.4 is 11.1 Å². The summed E-state index contributed by atoms with van der Waals surface area (Å²) in [6, 6.07) is 1.82. The van der Waals surface area contributed by atoms with Gasteiger partial charge in [-0.1, -0.05) is 5.16 Å². The smallest absolute Gasteiger partial charge is 0.292 e. The van der Waals surface area contributed by atoms with Gasteiger partial charge < -0.3 is 15.6 Å². The molecule has 0 aliphatic heterocycles. The minimum Gasteiger partial charge on any atom is -0.398 e. The van der Waals surface area contributed by atoms with Gasteiger partial charge in [0, 0.05) is 17.8 Å². The number of nitrogens with zero attached hydrogens (tertiary/aromatic N) is 2. The highest BCUT2D eigenvalue weighted by molar-refractivity contribution is 5.91. The van der Waals surface area contributed by atoms with Crippen LogP contribution in [0.2, 0.25) is 0 Å². The summed E-state index contributed by atoms with van der Waals surface area (Å²) in [5.41, 5.74) is 5.55. The zero-order chi connectivity index (χ0) is 14.3. The van der Waals surface area contributed by atoms with E-state index in [0.29, 0.717) is 0 Å². The second-order valence-electron chi connectivity index (χ2n) is 4.52. The maximum absolute atomic E-state index is 13.2. The van der Waals surface area contributed by atoms with E-state index in [4.69, 9.17) is 10.3 Å². The molecule has 1 fully saturated rings. The number of nitrogens with two attached hydrogens (primary N) is 1. The van der Waals surface area contributed by atoms with Gasteiger partial charge in [-0.15, -0.1) is 0 Å². The first-order valence-corrected chi connectivity index (χ1v) is 5.94. The molecule has 1 heterocycles. The van der Waals surface area contributed by atoms with Crippen molar-refractivity contribution in [3.05, 3.63) is 29.6 Å². The second-order valence-corrected chi connectivity index (χ2v) is 4.52. The second kappa shape index (κ2) is 4.55. The van der Waals surface area contributed by atoms with E-state index in [1.165, 1.54) is 0 Å². The Morgan fingerprint density at radius 3 is 2.75 bits per heavy atom. The van der Waals surface area contributed by atoms with E-state index in [-0.39, 0.29) is 29.0 Å². The molecule has 1 saturated carbocycles. The highest BCUT2D eigenvalue weighted by Gasteiger charge is 2.26. The first-order chi connectivity index (χ1) is 9.54. The topological polar surface area (TPSA) is 94.0 Å². The van der Waals surface area contributed by atoms with Crippen LogP contribution in [0.15, 0.2) is 16.7 Å². The van der Waals surface area contributed by atoms with E-state index in [1.54, 1.807) is 0 Å². The summed E-state index contributed by atoms with van der Waals surface area (Å²) in [5, 5.41) is 6.18. The van der Waals surface area contributed by atoms with Crippen molar-refractivity contribution in [3.63, 3.8) is 0 Å². The lowest BCUT2D eigenvalue weighted by Crippen LogP contribution is -2.26. The van der Waals surface area contributed by atoms with Gasteiger partial charge in [0.1, 0.15) is 0 Å². The third-order valence-corrected chi connectivity index (χ3v) is 2.86. The number of amides is 1. The van der Waals surface area contributed by atoms with Gasteiger partial charge in [-0.25, -0.2) is 8.78 Å². The van der Waals surface area contributed by atoms with Crippen molar-refractivity contribution in [1.29, 1.82) is 0 Å². The number of benzene rings is 1. The fourth-order valence-corrected chi connectivity index (χ4v) is 1.65. The normalized spacial score (nSPS) is 14.3. The summed E-state index contributed by atoms with van der Waals surface area (Å²) in [5.74, 6) is -2.93. The summed E-state index contributed by atoms with van der Waals surface area (Å²) < 4.78 is 31.0. The number of rotatable bonds is 3. The van der Waals surface area contributed by atoms with E-state index >= 15 is 0 Å². The molecule has 0 bridgehead atoms. The Morgan fingerprint density at radius 2 is 2.05 bits per heavy atom. The summed E-state index contributed by atoms with van der Waals surface area (Å²) in [4.78, 5) is 15.5. The van der Waals surface area contributed by atoms with E-state index in [1.807, 2.05) is 0 Å². The molecule has 1 aromatic carbocycles. The van der Waals surface area contributed by atoms with E-state index in [2.05, 4.69) is 15.5 Å². The molecule has 2 aromatic rings. The SMILES string of the molecule is Nc1cc(F)c(F)cc1-c1nc(C(=O)NC2CC2)no1. The molecular formula is C12H10F2N4O2. The lowest BCUT2D eigenvalue weighted by Gasteiger charge is -2.01. The molecule has 104 valence electrons. The van der Waals surface area contributed by atoms with Crippen LogP contribution in [0, 0.1) is 11.6 Å². The highest BCUT2D eigenvalue weighted by atomic mass is 19.2. The Hall–Kier alpha value is -2.51. The molecule has 6 nitrogen and oxygen atoms in total. The zero-order valence-electron chi connectivity index (χ0n) is 10.2. The minimum absolute atomic E-state index is 0.0434. The molecule has 20 heavy (non-hydrogen) atoms. The van der Waals surface area contributed by atoms with Gasteiger partial charge >= 0.3 is 0 Å². The van der Waals surface area contributed by atoms with Crippen molar-refractivity contribution in [2.75, 3.05) is 5.73 Å². The largest absolute Gasteiger partial charge is 0.398 e. The van der Waals surface area contributed by atoms with Gasteiger partial charge in [-0.3, -0.25) is 4.79 Å². The van der Waals surface area contributed by atoms with Crippen LogP contribution in [0.25, 0.3) is 11.5 Å². The molecule has 1 aliphatic rings. The predicted molar refractivity (Wildman–Crippen MR) is 64.6 cm³/mol. The Kier molecular flexibility index (Phi) is 2.85. The molecule has 1 amide bonds. The lowest BCUT2D eigenvalue weighted by atomic mass is 10.1. The number of carbonyl (C=O) groups excluding carboxylic acids is 1. The molecule has 1 aliphatic carbocycles. The van der Waals surface area contributed by atoms with Crippen LogP contribution in [0.1, 0.15) is 23.5 Å². The number of hydrogen-bond donors (Lipinski definition) is 2. The van der Waals surface area contributed by atoms with Crippen LogP contribution in [-0.2, 0) is 0 Å². The van der Waals surface area contributed by atoms with Crippen molar-refractivity contribution in [3.8, 4) is 11.5 Å². The van der Waals surface area contributed by atoms with Crippen molar-refractivity contribution < 1.29 is 18.1 Å². The number of aromatic nitrogens is 2. The predicted octanol–water partition coefficient (Wildman–Crippen LogP) is 1.49. The Balaban J connectivity index is 1.89. The van der Waals surface area contributed by atoms with Gasteiger partial charge in [0.15, 0.2) is 11.6 Å². The quantitative estimate of drug-likeness (QED) is 0.831. The van der Waals surface area contributed by atoms with Gasteiger partial charge in [0.25, 0.3) is 17.6 Å². The average molecular weight is 280 g/mol. The average Bonchev–Trinajstić information content (AvgIpc) is 3.07. The van der Waals surface area contributed by atoms with Crippen LogP contribution in [0.4, 0.5) is 14.5 Å². The number of hydrogen-bond acceptors (Lipinski definition) is 5. The molecule has 0 radical (unpaired) electrons. The van der Waals surface area contributed by atoms with Crippen LogP contribution in [0.3, 0.4) is 0 Å². The Bertz CT molecular complexity index is 682. The van der Waals surface area contributed by atoms with E-state index < -0.39 is 17.5 Å². The highest BCUT2D eigenvalue weighted by Crippen LogP contribution is 2.27. The molecule has 0 atom stereocenters. The molecule has 0 spiro atoms. The van der Waals surface area contributed by atoms with Gasteiger partial charge in [-0.2, -0.15) is 4.98 Å². The van der Waals surface area contributed by atoms with Gasteiger partial charge in [0.2, 0.25) is 0 Å². The molecular weight excluding hydrogens is 270 g/mol. The molecule has 0 saturated heterocycles. The lowest BCUT2D eigenvalue weighted by molar-refractivity contribution is 0.0937. The Labute approximate surface area is 112 Å². The van der Waals surface area contributed by atoms with Gasteiger partial charge in [-0.05, 0) is 18.9 Å². The number of carbonyl (C=O) groups is 1. The van der Waals surface area contributed by atoms with E-state index in [0.717, 1.165) is 25.0 Å². The maximum Gasteiger partial charge on any atom is 0.292 e. The fraction of sp³-hybridized carbons (Fsp3) is 0.250. The molecule has 1 aromatic heterocycles. The number of anilines is 1. The molecule has 0 unspecified atom stereocenters. The number of nitrogen functional groups attached to an aromatic ring is 1. The number of nitrogens with one attached hydrogen (secondary N) is 1. The van der Waals surface area contributed by atoms with Crippen molar-refractivity contribution in [2.45, 2.75) is 18.9 Å². The van der Waals surface area contributed by atoms with Crippen molar-refractivity contribution in [1.82, 2.24) is 15.5 Å². The molecule has 3 rings (SSSR count). The summed E-state index contributed by atoms with van der Waals surface area (Å²) in [6.07, 6.45) is 1.85. The first kappa shape index (κ1) is 12.5. The first-order valence-electron chi connectivity index (χ1n) is 5.94. The maximum atomic E-state index is 13.2. The zero-order valence-corrected chi connectivity index (χ0v) is 10.2. The van der Waals surface area contributed by atoms with Gasteiger partial charge in [0.05, 0.1) is 5.56 Å². The third kappa shape index (κ3) is 2.31. The van der Waals surface area contributed by atoms with Crippen LogP contribution in [0.5, 0.6) is 0 Å². The van der Waals surface area contributed by atoms with Crippen molar-refractivity contribution in [2.24, 2.45) is 0 Å². The fourth-order valence-electron chi connectivity index (χ4n) is 1.65. The summed E-state index contributed by atoms with van der Waals surface area (Å²) in [7, 11) is 0. The standard InChI is InChI=1S/C12H10F2N4O2/c13-7-3-6(9(15)4-8(7)14)12-17-10(18-20-12)11(19)16-5-1-2-5/h3-5H,1-2,15H2,(H,16,19). The summed E-state index contributed by atoms with van der Waals surface area (Å²) >= 11 is 0. The van der Waals surface area contributed by atoms with Crippen LogP contribution >= 0.6 is 0 Å². The third-order valence-electron chi connectivity index (χ3n) is 2.86. The Morgan fingerprint density at radius 1 is 1.35 bits per heavy atom. The molecule has 8 heteroatoms. The minimum atomic E-state index is -1.09. The molecule has 3 N–H and O–H groups in total. The van der Waals surface area contributed by atoms with E-state index in [9.17, 15) is 13.6 Å². The summed E-state index contributed by atoms with van der Waals surface area (Å²) in [6.45, 7) is 0. The monoisotopic (exact) mass is 280 g/mol. The van der Waals surface area contributed by atoms with Crippen molar-refractivity contribution >= 4 is 11.6 Å². The van der Waals surface area contributed by atoms with Crippen LogP contribution in [-0.4, -0.2) is 22.1 Å². The number of halogens is 2.